The van der Waals surface area contributed by atoms with Crippen LogP contribution in [0, 0.1) is 18.3 Å². The molecule has 0 bridgehead atoms. The molecule has 1 aliphatic rings. The van der Waals surface area contributed by atoms with Gasteiger partial charge in [0.2, 0.25) is 5.95 Å². The number of halogens is 1. The molecule has 1 aromatic heterocycles. The number of nitrogens with one attached hydrogen (secondary N) is 2. The lowest BCUT2D eigenvalue weighted by atomic mass is 9.77. The van der Waals surface area contributed by atoms with Crippen molar-refractivity contribution in [1.82, 2.24) is 14.9 Å². The minimum Gasteiger partial charge on any atom is -0.366 e. The van der Waals surface area contributed by atoms with Gasteiger partial charge >= 0.3 is 0 Å². The molecule has 154 valence electrons. The van der Waals surface area contributed by atoms with Crippen molar-refractivity contribution in [3.8, 4) is 6.07 Å². The van der Waals surface area contributed by atoms with Crippen molar-refractivity contribution >= 4 is 29.1 Å². The number of nitrogens with zero attached hydrogens (tertiary/aromatic N) is 4. The van der Waals surface area contributed by atoms with Gasteiger partial charge in [-0.05, 0) is 72.2 Å². The Hall–Kier alpha value is -2.36. The summed E-state index contributed by atoms with van der Waals surface area (Å²) in [5, 5.41) is 16.4. The van der Waals surface area contributed by atoms with Gasteiger partial charge in [0.05, 0.1) is 17.8 Å². The van der Waals surface area contributed by atoms with Crippen molar-refractivity contribution < 1.29 is 0 Å². The topological polar surface area (TPSA) is 76.9 Å². The molecule has 0 aliphatic carbocycles. The van der Waals surface area contributed by atoms with E-state index in [0.717, 1.165) is 24.1 Å². The Morgan fingerprint density at radius 2 is 1.86 bits per heavy atom. The summed E-state index contributed by atoms with van der Waals surface area (Å²) in [4.78, 5) is 11.3. The maximum atomic E-state index is 9.24. The summed E-state index contributed by atoms with van der Waals surface area (Å²) in [7, 11) is 2.19. The van der Waals surface area contributed by atoms with Gasteiger partial charge in [-0.15, -0.1) is 0 Å². The van der Waals surface area contributed by atoms with Gasteiger partial charge in [-0.2, -0.15) is 10.2 Å². The van der Waals surface area contributed by atoms with Crippen LogP contribution in [-0.2, 0) is 0 Å². The quantitative estimate of drug-likeness (QED) is 0.725. The molecule has 3 rings (SSSR count). The van der Waals surface area contributed by atoms with E-state index in [-0.39, 0.29) is 17.1 Å². The van der Waals surface area contributed by atoms with Crippen molar-refractivity contribution in [2.24, 2.45) is 0 Å². The van der Waals surface area contributed by atoms with Crippen LogP contribution in [0.25, 0.3) is 0 Å². The molecule has 0 saturated carbocycles. The van der Waals surface area contributed by atoms with E-state index in [1.807, 2.05) is 19.1 Å². The van der Waals surface area contributed by atoms with Gasteiger partial charge in [0.15, 0.2) is 5.82 Å². The van der Waals surface area contributed by atoms with Gasteiger partial charge in [0, 0.05) is 22.8 Å². The lowest BCUT2D eigenvalue weighted by Gasteiger charge is -2.53. The minimum atomic E-state index is 0.0651. The molecule has 1 fully saturated rings. The Bertz CT molecular complexity index is 929. The molecular formula is C22H29ClN6. The van der Waals surface area contributed by atoms with Crippen LogP contribution in [0.1, 0.15) is 51.7 Å². The Kier molecular flexibility index (Phi) is 5.75. The smallest absolute Gasteiger partial charge is 0.229 e. The van der Waals surface area contributed by atoms with Crippen LogP contribution >= 0.6 is 11.6 Å². The summed E-state index contributed by atoms with van der Waals surface area (Å²) in [5.41, 5.74) is 2.45. The molecule has 1 saturated heterocycles. The maximum Gasteiger partial charge on any atom is 0.229 e. The van der Waals surface area contributed by atoms with Crippen LogP contribution in [0.2, 0.25) is 5.02 Å². The van der Waals surface area contributed by atoms with E-state index in [9.17, 15) is 5.26 Å². The fourth-order valence-electron chi connectivity index (χ4n) is 4.14. The summed E-state index contributed by atoms with van der Waals surface area (Å²) in [6.45, 7) is 11.0. The third kappa shape index (κ3) is 4.63. The predicted octanol–water partition coefficient (Wildman–Crippen LogP) is 5.12. The number of hydrogen-bond donors (Lipinski definition) is 2. The summed E-state index contributed by atoms with van der Waals surface area (Å²) in [6, 6.07) is 8.05. The summed E-state index contributed by atoms with van der Waals surface area (Å²) in [6.07, 6.45) is 3.57. The molecule has 2 heterocycles. The van der Waals surface area contributed by atoms with E-state index < -0.39 is 0 Å². The summed E-state index contributed by atoms with van der Waals surface area (Å²) >= 11 is 6.39. The average molecular weight is 413 g/mol. The van der Waals surface area contributed by atoms with Crippen molar-refractivity contribution in [3.63, 3.8) is 0 Å². The number of anilines is 3. The average Bonchev–Trinajstić information content (AvgIpc) is 2.63. The number of aryl methyl sites for hydroxylation is 1. The zero-order chi connectivity index (χ0) is 21.4. The first-order valence-electron chi connectivity index (χ1n) is 9.83. The van der Waals surface area contributed by atoms with E-state index >= 15 is 0 Å². The molecular weight excluding hydrogens is 384 g/mol. The van der Waals surface area contributed by atoms with Crippen LogP contribution in [0.4, 0.5) is 17.5 Å². The third-order valence-corrected chi connectivity index (χ3v) is 6.28. The van der Waals surface area contributed by atoms with Crippen molar-refractivity contribution in [1.29, 1.82) is 5.26 Å². The molecule has 2 N–H and O–H groups in total. The largest absolute Gasteiger partial charge is 0.366 e. The highest BCUT2D eigenvalue weighted by Gasteiger charge is 2.43. The van der Waals surface area contributed by atoms with Gasteiger partial charge in [-0.25, -0.2) is 4.98 Å². The molecule has 29 heavy (non-hydrogen) atoms. The van der Waals surface area contributed by atoms with E-state index in [2.05, 4.69) is 66.3 Å². The van der Waals surface area contributed by atoms with Gasteiger partial charge in [0.1, 0.15) is 5.02 Å². The highest BCUT2D eigenvalue weighted by Crippen LogP contribution is 2.38. The van der Waals surface area contributed by atoms with Gasteiger partial charge in [-0.3, -0.25) is 4.90 Å². The fraction of sp³-hybridized carbons (Fsp3) is 0.500. The van der Waals surface area contributed by atoms with E-state index in [0.29, 0.717) is 22.4 Å². The van der Waals surface area contributed by atoms with Crippen molar-refractivity contribution in [3.05, 3.63) is 40.5 Å². The van der Waals surface area contributed by atoms with Crippen molar-refractivity contribution in [2.75, 3.05) is 17.7 Å². The highest BCUT2D eigenvalue weighted by molar-refractivity contribution is 6.32. The first-order valence-corrected chi connectivity index (χ1v) is 10.2. The number of piperidine rings is 1. The molecule has 0 unspecified atom stereocenters. The van der Waals surface area contributed by atoms with Crippen LogP contribution in [0.5, 0.6) is 0 Å². The predicted molar refractivity (Wildman–Crippen MR) is 119 cm³/mol. The first kappa shape index (κ1) is 21.4. The van der Waals surface area contributed by atoms with Crippen LogP contribution < -0.4 is 10.6 Å². The molecule has 1 aliphatic heterocycles. The zero-order valence-electron chi connectivity index (χ0n) is 18.0. The Morgan fingerprint density at radius 3 is 2.48 bits per heavy atom. The number of nitriles is 1. The second-order valence-electron chi connectivity index (χ2n) is 9.09. The second-order valence-corrected chi connectivity index (χ2v) is 9.50. The minimum absolute atomic E-state index is 0.0651. The van der Waals surface area contributed by atoms with Gasteiger partial charge in [-0.1, -0.05) is 17.7 Å². The number of aromatic nitrogens is 2. The molecule has 7 heteroatoms. The molecule has 6 nitrogen and oxygen atoms in total. The molecule has 0 spiro atoms. The maximum absolute atomic E-state index is 9.24. The van der Waals surface area contributed by atoms with E-state index in [4.69, 9.17) is 11.6 Å². The molecule has 0 atom stereocenters. The lowest BCUT2D eigenvalue weighted by Crippen LogP contribution is -2.61. The molecule has 2 aromatic rings. The number of likely N-dealkylation sites (tertiary alicyclic amines) is 1. The fourth-order valence-corrected chi connectivity index (χ4v) is 4.29. The number of benzene rings is 1. The standard InChI is InChI=1S/C22H29ClN6/c1-14-7-8-16(9-15(14)12-24)27-20-25-13-18(23)19(28-20)26-17-10-21(2,3)29(6)22(4,5)11-17/h7-9,13,17H,10-11H2,1-6H3,(H2,25,26,27,28). The normalized spacial score (nSPS) is 18.8. The van der Waals surface area contributed by atoms with Crippen LogP contribution in [-0.4, -0.2) is 39.0 Å². The van der Waals surface area contributed by atoms with E-state index in [1.54, 1.807) is 12.3 Å². The lowest BCUT2D eigenvalue weighted by molar-refractivity contribution is -0.00772. The molecule has 0 radical (unpaired) electrons. The molecule has 0 amide bonds. The SMILES string of the molecule is Cc1ccc(Nc2ncc(Cl)c(NC3CC(C)(C)N(C)C(C)(C)C3)n2)cc1C#N. The summed E-state index contributed by atoms with van der Waals surface area (Å²) < 4.78 is 0. The van der Waals surface area contributed by atoms with Gasteiger partial charge in [0.25, 0.3) is 0 Å². The molecule has 1 aromatic carbocycles. The second kappa shape index (κ2) is 7.81. The van der Waals surface area contributed by atoms with E-state index in [1.165, 1.54) is 0 Å². The summed E-state index contributed by atoms with van der Waals surface area (Å²) in [5.74, 6) is 1.06. The zero-order valence-corrected chi connectivity index (χ0v) is 18.7. The van der Waals surface area contributed by atoms with Gasteiger partial charge < -0.3 is 10.6 Å². The Morgan fingerprint density at radius 1 is 1.21 bits per heavy atom. The Labute approximate surface area is 178 Å². The monoisotopic (exact) mass is 412 g/mol. The van der Waals surface area contributed by atoms with Crippen molar-refractivity contribution in [2.45, 2.75) is 64.6 Å². The number of rotatable bonds is 4. The van der Waals surface area contributed by atoms with Crippen LogP contribution in [0.15, 0.2) is 24.4 Å². The Balaban J connectivity index is 1.80. The first-order chi connectivity index (χ1) is 13.5. The third-order valence-electron chi connectivity index (χ3n) is 6.01. The highest BCUT2D eigenvalue weighted by atomic mass is 35.5. The number of hydrogen-bond acceptors (Lipinski definition) is 6. The van der Waals surface area contributed by atoms with Crippen LogP contribution in [0.3, 0.4) is 0 Å².